The molecule has 0 saturated carbocycles. The van der Waals surface area contributed by atoms with Gasteiger partial charge in [0.05, 0.1) is 6.42 Å². The third kappa shape index (κ3) is 6.68. The minimum Gasteiger partial charge on any atom is -0.355 e. The number of carbonyl (C=O) groups excluding carboxylic acids is 2. The van der Waals surface area contributed by atoms with Crippen LogP contribution in [0.4, 0.5) is 0 Å². The summed E-state index contributed by atoms with van der Waals surface area (Å²) in [5, 5.41) is 3.45. The molecular weight excluding hydrogens is 488 g/mol. The summed E-state index contributed by atoms with van der Waals surface area (Å²) < 4.78 is 0.958. The zero-order valence-corrected chi connectivity index (χ0v) is 20.3. The molecule has 1 N–H and O–H groups in total. The van der Waals surface area contributed by atoms with Crippen LogP contribution in [0.1, 0.15) is 23.6 Å². The standard InChI is InChI=1S/C26H26BrClN2O2/c1-2-29-26(32)24(16-19-8-4-3-5-9-19)30(18-20-12-14-22(27)15-13-20)25(31)17-21-10-6-7-11-23(21)28/h3-15,24H,2,16-18H2,1H3,(H,29,32). The van der Waals surface area contributed by atoms with Gasteiger partial charge < -0.3 is 10.2 Å². The van der Waals surface area contributed by atoms with Crippen molar-refractivity contribution >= 4 is 39.3 Å². The second-order valence-corrected chi connectivity index (χ2v) is 8.84. The number of hydrogen-bond donors (Lipinski definition) is 1. The Morgan fingerprint density at radius 2 is 1.59 bits per heavy atom. The van der Waals surface area contributed by atoms with Crippen LogP contribution in [-0.4, -0.2) is 29.3 Å². The molecule has 6 heteroatoms. The number of nitrogens with one attached hydrogen (secondary N) is 1. The van der Waals surface area contributed by atoms with E-state index in [0.29, 0.717) is 24.5 Å². The van der Waals surface area contributed by atoms with Crippen molar-refractivity contribution in [3.63, 3.8) is 0 Å². The van der Waals surface area contributed by atoms with Crippen molar-refractivity contribution < 1.29 is 9.59 Å². The van der Waals surface area contributed by atoms with E-state index in [-0.39, 0.29) is 18.2 Å². The molecule has 0 saturated heterocycles. The van der Waals surface area contributed by atoms with E-state index in [2.05, 4.69) is 21.2 Å². The van der Waals surface area contributed by atoms with Gasteiger partial charge in [-0.25, -0.2) is 0 Å². The number of likely N-dealkylation sites (N-methyl/N-ethyl adjacent to an activating group) is 1. The molecule has 0 spiro atoms. The number of nitrogens with zero attached hydrogens (tertiary/aromatic N) is 1. The molecule has 2 amide bonds. The molecule has 0 radical (unpaired) electrons. The van der Waals surface area contributed by atoms with Crippen molar-refractivity contribution in [1.82, 2.24) is 10.2 Å². The van der Waals surface area contributed by atoms with Gasteiger partial charge in [-0.1, -0.05) is 88.2 Å². The number of amides is 2. The maximum absolute atomic E-state index is 13.6. The lowest BCUT2D eigenvalue weighted by atomic mass is 10.0. The average Bonchev–Trinajstić information content (AvgIpc) is 2.79. The van der Waals surface area contributed by atoms with Crippen LogP contribution < -0.4 is 5.32 Å². The zero-order chi connectivity index (χ0) is 22.9. The van der Waals surface area contributed by atoms with Crippen molar-refractivity contribution in [3.05, 3.63) is 105 Å². The van der Waals surface area contributed by atoms with Crippen LogP contribution in [0, 0.1) is 0 Å². The Morgan fingerprint density at radius 3 is 2.25 bits per heavy atom. The van der Waals surface area contributed by atoms with E-state index >= 15 is 0 Å². The summed E-state index contributed by atoms with van der Waals surface area (Å²) in [6.07, 6.45) is 0.554. The summed E-state index contributed by atoms with van der Waals surface area (Å²) >= 11 is 9.77. The van der Waals surface area contributed by atoms with Crippen LogP contribution in [0.25, 0.3) is 0 Å². The molecule has 0 aliphatic heterocycles. The lowest BCUT2D eigenvalue weighted by Gasteiger charge is -2.31. The van der Waals surface area contributed by atoms with Crippen LogP contribution >= 0.6 is 27.5 Å². The summed E-state index contributed by atoms with van der Waals surface area (Å²) in [5.74, 6) is -0.311. The highest BCUT2D eigenvalue weighted by molar-refractivity contribution is 9.10. The Morgan fingerprint density at radius 1 is 0.938 bits per heavy atom. The zero-order valence-electron chi connectivity index (χ0n) is 17.9. The molecule has 4 nitrogen and oxygen atoms in total. The maximum atomic E-state index is 13.6. The number of halogens is 2. The molecule has 0 bridgehead atoms. The largest absolute Gasteiger partial charge is 0.355 e. The Kier molecular flexibility index (Phi) is 8.89. The van der Waals surface area contributed by atoms with Gasteiger partial charge in [0.1, 0.15) is 6.04 Å². The highest BCUT2D eigenvalue weighted by Crippen LogP contribution is 2.21. The summed E-state index contributed by atoms with van der Waals surface area (Å²) in [6.45, 7) is 2.70. The number of benzene rings is 3. The monoisotopic (exact) mass is 512 g/mol. The first-order valence-corrected chi connectivity index (χ1v) is 11.7. The minimum absolute atomic E-state index is 0.126. The van der Waals surface area contributed by atoms with E-state index in [4.69, 9.17) is 11.6 Å². The predicted molar refractivity (Wildman–Crippen MR) is 132 cm³/mol. The van der Waals surface area contributed by atoms with Gasteiger partial charge in [0.15, 0.2) is 0 Å². The quantitative estimate of drug-likeness (QED) is 0.415. The van der Waals surface area contributed by atoms with Gasteiger partial charge in [-0.2, -0.15) is 0 Å². The van der Waals surface area contributed by atoms with Crippen molar-refractivity contribution in [2.24, 2.45) is 0 Å². The van der Waals surface area contributed by atoms with Gasteiger partial charge in [-0.15, -0.1) is 0 Å². The average molecular weight is 514 g/mol. The van der Waals surface area contributed by atoms with Gasteiger partial charge in [-0.05, 0) is 41.8 Å². The van der Waals surface area contributed by atoms with Crippen molar-refractivity contribution in [2.75, 3.05) is 6.54 Å². The molecule has 0 aliphatic carbocycles. The van der Waals surface area contributed by atoms with Crippen LogP contribution in [0.2, 0.25) is 5.02 Å². The Hall–Kier alpha value is -2.63. The van der Waals surface area contributed by atoms with Gasteiger partial charge >= 0.3 is 0 Å². The van der Waals surface area contributed by atoms with Crippen LogP contribution in [-0.2, 0) is 29.0 Å². The van der Waals surface area contributed by atoms with E-state index in [9.17, 15) is 9.59 Å². The molecule has 3 aromatic rings. The predicted octanol–water partition coefficient (Wildman–Crippen LogP) is 5.42. The van der Waals surface area contributed by atoms with Gasteiger partial charge in [0, 0.05) is 29.0 Å². The topological polar surface area (TPSA) is 49.4 Å². The van der Waals surface area contributed by atoms with E-state index in [1.54, 1.807) is 11.0 Å². The summed E-state index contributed by atoms with van der Waals surface area (Å²) in [4.78, 5) is 28.3. The van der Waals surface area contributed by atoms with Gasteiger partial charge in [0.2, 0.25) is 11.8 Å². The summed E-state index contributed by atoms with van der Waals surface area (Å²) in [5.41, 5.74) is 2.69. The first kappa shape index (κ1) is 24.0. The normalized spacial score (nSPS) is 11.6. The molecular formula is C26H26BrClN2O2. The fourth-order valence-corrected chi connectivity index (χ4v) is 4.01. The third-order valence-corrected chi connectivity index (χ3v) is 6.09. The molecule has 0 heterocycles. The summed E-state index contributed by atoms with van der Waals surface area (Å²) in [6, 6.07) is 24.2. The first-order chi connectivity index (χ1) is 15.5. The molecule has 1 atom stereocenters. The highest BCUT2D eigenvalue weighted by Gasteiger charge is 2.30. The molecule has 0 fully saturated rings. The van der Waals surface area contributed by atoms with E-state index in [1.165, 1.54) is 0 Å². The second kappa shape index (κ2) is 11.8. The van der Waals surface area contributed by atoms with Crippen LogP contribution in [0.15, 0.2) is 83.3 Å². The first-order valence-electron chi connectivity index (χ1n) is 10.6. The maximum Gasteiger partial charge on any atom is 0.243 e. The smallest absolute Gasteiger partial charge is 0.243 e. The molecule has 1 unspecified atom stereocenters. The molecule has 0 aliphatic rings. The van der Waals surface area contributed by atoms with Gasteiger partial charge in [-0.3, -0.25) is 9.59 Å². The van der Waals surface area contributed by atoms with Crippen molar-refractivity contribution in [2.45, 2.75) is 32.4 Å². The fraction of sp³-hybridized carbons (Fsp3) is 0.231. The number of rotatable bonds is 9. The Labute approximate surface area is 202 Å². The second-order valence-electron chi connectivity index (χ2n) is 7.52. The van der Waals surface area contributed by atoms with Crippen molar-refractivity contribution in [3.8, 4) is 0 Å². The van der Waals surface area contributed by atoms with Crippen LogP contribution in [0.5, 0.6) is 0 Å². The SMILES string of the molecule is CCNC(=O)C(Cc1ccccc1)N(Cc1ccc(Br)cc1)C(=O)Cc1ccccc1Cl. The van der Waals surface area contributed by atoms with E-state index in [1.807, 2.05) is 79.7 Å². The minimum atomic E-state index is -0.643. The molecule has 3 rings (SSSR count). The molecule has 0 aromatic heterocycles. The Bertz CT molecular complexity index is 1040. The Balaban J connectivity index is 1.95. The van der Waals surface area contributed by atoms with E-state index < -0.39 is 6.04 Å². The fourth-order valence-electron chi connectivity index (χ4n) is 3.54. The molecule has 32 heavy (non-hydrogen) atoms. The number of hydrogen-bond acceptors (Lipinski definition) is 2. The molecule has 3 aromatic carbocycles. The van der Waals surface area contributed by atoms with Crippen LogP contribution in [0.3, 0.4) is 0 Å². The summed E-state index contributed by atoms with van der Waals surface area (Å²) in [7, 11) is 0. The highest BCUT2D eigenvalue weighted by atomic mass is 79.9. The number of carbonyl (C=O) groups is 2. The lowest BCUT2D eigenvalue weighted by Crippen LogP contribution is -2.51. The third-order valence-electron chi connectivity index (χ3n) is 5.19. The molecule has 166 valence electrons. The van der Waals surface area contributed by atoms with E-state index in [0.717, 1.165) is 21.2 Å². The van der Waals surface area contributed by atoms with Crippen molar-refractivity contribution in [1.29, 1.82) is 0 Å². The lowest BCUT2D eigenvalue weighted by molar-refractivity contribution is -0.140. The van der Waals surface area contributed by atoms with Gasteiger partial charge in [0.25, 0.3) is 0 Å².